The van der Waals surface area contributed by atoms with Crippen molar-refractivity contribution in [1.29, 1.82) is 10.8 Å². The molecule has 0 saturated heterocycles. The standard InChI is InChI=1S/C10H16N2O5.C10H16N2O4/c1-7(14)10(2,3)17-12-8(5-16-6-13)9(11)15-4;1-7(11)9(5-15-6-13)12-16-10(3,4)8(2)14/h6,11H,5H2,1-4H3;6,11H,5H2,1-4H3/b11-9?,12-8+;11-7?,12-9+. The van der Waals surface area contributed by atoms with Crippen LogP contribution in [0.3, 0.4) is 0 Å². The van der Waals surface area contributed by atoms with E-state index in [1.165, 1.54) is 41.7 Å². The van der Waals surface area contributed by atoms with Crippen molar-refractivity contribution in [2.75, 3.05) is 20.3 Å². The smallest absolute Gasteiger partial charge is 0.293 e. The highest BCUT2D eigenvalue weighted by molar-refractivity contribution is 6.40. The molecule has 0 radical (unpaired) electrons. The minimum absolute atomic E-state index is 0.0195. The predicted molar refractivity (Wildman–Crippen MR) is 119 cm³/mol. The molecule has 13 heteroatoms. The Morgan fingerprint density at radius 3 is 1.45 bits per heavy atom. The molecule has 0 fully saturated rings. The fraction of sp³-hybridized carbons (Fsp3) is 0.600. The zero-order valence-electron chi connectivity index (χ0n) is 20.1. The van der Waals surface area contributed by atoms with E-state index in [-0.39, 0.29) is 60.8 Å². The lowest BCUT2D eigenvalue weighted by Gasteiger charge is -2.19. The summed E-state index contributed by atoms with van der Waals surface area (Å²) in [4.78, 5) is 52.3. The van der Waals surface area contributed by atoms with Gasteiger partial charge in [-0.1, -0.05) is 10.3 Å². The van der Waals surface area contributed by atoms with Gasteiger partial charge in [0, 0.05) is 0 Å². The van der Waals surface area contributed by atoms with Gasteiger partial charge >= 0.3 is 0 Å². The number of carbonyl (C=O) groups excluding carboxylic acids is 4. The van der Waals surface area contributed by atoms with Crippen molar-refractivity contribution < 1.29 is 43.1 Å². The average molecular weight is 472 g/mol. The van der Waals surface area contributed by atoms with Gasteiger partial charge in [0.2, 0.25) is 5.90 Å². The van der Waals surface area contributed by atoms with Crippen molar-refractivity contribution >= 4 is 47.5 Å². The fourth-order valence-corrected chi connectivity index (χ4v) is 1.15. The molecule has 0 saturated carbocycles. The second-order valence-electron chi connectivity index (χ2n) is 7.36. The van der Waals surface area contributed by atoms with Gasteiger partial charge in [-0.25, -0.2) is 0 Å². The second-order valence-corrected chi connectivity index (χ2v) is 7.36. The van der Waals surface area contributed by atoms with Crippen molar-refractivity contribution in [3.63, 3.8) is 0 Å². The molecule has 33 heavy (non-hydrogen) atoms. The fourth-order valence-electron chi connectivity index (χ4n) is 1.15. The number of hydrogen-bond acceptors (Lipinski definition) is 13. The first-order chi connectivity index (χ1) is 15.2. The highest BCUT2D eigenvalue weighted by Gasteiger charge is 2.27. The maximum absolute atomic E-state index is 11.2. The summed E-state index contributed by atoms with van der Waals surface area (Å²) in [6.45, 7) is 10.5. The van der Waals surface area contributed by atoms with Crippen LogP contribution in [0.5, 0.6) is 0 Å². The zero-order chi connectivity index (χ0) is 26.2. The van der Waals surface area contributed by atoms with Gasteiger partial charge in [0.15, 0.2) is 28.5 Å². The first-order valence-corrected chi connectivity index (χ1v) is 9.47. The van der Waals surface area contributed by atoms with E-state index in [9.17, 15) is 19.2 Å². The van der Waals surface area contributed by atoms with Crippen LogP contribution in [0.2, 0.25) is 0 Å². The summed E-state index contributed by atoms with van der Waals surface area (Å²) in [5, 5.41) is 22.0. The number of ketones is 2. The van der Waals surface area contributed by atoms with Gasteiger partial charge in [-0.3, -0.25) is 24.6 Å². The lowest BCUT2D eigenvalue weighted by atomic mass is 10.1. The Morgan fingerprint density at radius 1 is 0.788 bits per heavy atom. The topological polar surface area (TPSA) is 187 Å². The molecule has 0 spiro atoms. The lowest BCUT2D eigenvalue weighted by molar-refractivity contribution is -0.138. The van der Waals surface area contributed by atoms with E-state index >= 15 is 0 Å². The van der Waals surface area contributed by atoms with Gasteiger partial charge < -0.3 is 29.3 Å². The van der Waals surface area contributed by atoms with Gasteiger partial charge in [-0.05, 0) is 48.5 Å². The first-order valence-electron chi connectivity index (χ1n) is 9.47. The van der Waals surface area contributed by atoms with Crippen LogP contribution in [-0.2, 0) is 43.1 Å². The third-order valence-electron chi connectivity index (χ3n) is 3.94. The molecule has 186 valence electrons. The van der Waals surface area contributed by atoms with Gasteiger partial charge in [-0.2, -0.15) is 0 Å². The summed E-state index contributed by atoms with van der Waals surface area (Å²) in [5.41, 5.74) is -1.90. The Bertz CT molecular complexity index is 786. The van der Waals surface area contributed by atoms with E-state index in [0.29, 0.717) is 0 Å². The Hall–Kier alpha value is -3.64. The SMILES string of the molecule is CC(=N)/C(COC=O)=N/OC(C)(C)C(C)=O.COC(=N)/C(COC=O)=N/OC(C)(C)C(C)=O. The largest absolute Gasteiger partial charge is 0.480 e. The number of rotatable bonds is 14. The molecule has 0 aliphatic heterocycles. The maximum Gasteiger partial charge on any atom is 0.293 e. The van der Waals surface area contributed by atoms with Crippen molar-refractivity contribution in [3.8, 4) is 0 Å². The van der Waals surface area contributed by atoms with E-state index in [0.717, 1.165) is 0 Å². The number of nitrogens with zero attached hydrogens (tertiary/aromatic N) is 2. The van der Waals surface area contributed by atoms with E-state index in [4.69, 9.17) is 20.5 Å². The first kappa shape index (κ1) is 31.5. The molecule has 0 atom stereocenters. The highest BCUT2D eigenvalue weighted by Crippen LogP contribution is 2.11. The minimum Gasteiger partial charge on any atom is -0.480 e. The van der Waals surface area contributed by atoms with Gasteiger partial charge in [0.25, 0.3) is 12.9 Å². The van der Waals surface area contributed by atoms with Crippen LogP contribution in [0.1, 0.15) is 48.5 Å². The summed E-state index contributed by atoms with van der Waals surface area (Å²) in [6, 6.07) is 0. The van der Waals surface area contributed by atoms with Gasteiger partial charge in [0.1, 0.15) is 18.9 Å². The van der Waals surface area contributed by atoms with Crippen molar-refractivity contribution in [1.82, 2.24) is 0 Å². The third-order valence-corrected chi connectivity index (χ3v) is 3.94. The Balaban J connectivity index is 0. The average Bonchev–Trinajstić information content (AvgIpc) is 2.73. The van der Waals surface area contributed by atoms with Crippen LogP contribution >= 0.6 is 0 Å². The van der Waals surface area contributed by atoms with Gasteiger partial charge in [-0.15, -0.1) is 0 Å². The summed E-state index contributed by atoms with van der Waals surface area (Å²) in [7, 11) is 1.27. The molecule has 13 nitrogen and oxygen atoms in total. The highest BCUT2D eigenvalue weighted by atomic mass is 16.7. The maximum atomic E-state index is 11.2. The summed E-state index contributed by atoms with van der Waals surface area (Å²) in [6.07, 6.45) is 0. The normalized spacial score (nSPS) is 11.8. The van der Waals surface area contributed by atoms with Crippen LogP contribution in [0, 0.1) is 10.8 Å². The summed E-state index contributed by atoms with van der Waals surface area (Å²) < 4.78 is 13.5. The molecule has 0 aliphatic rings. The third kappa shape index (κ3) is 13.4. The van der Waals surface area contributed by atoms with E-state index in [1.54, 1.807) is 13.8 Å². The number of nitrogens with one attached hydrogen (secondary N) is 2. The molecule has 0 aromatic carbocycles. The number of Topliss-reactive ketones (excluding diaryl/α,β-unsaturated/α-hetero) is 2. The molecule has 0 aromatic rings. The van der Waals surface area contributed by atoms with Crippen LogP contribution < -0.4 is 0 Å². The number of methoxy groups -OCH3 is 1. The quantitative estimate of drug-likeness (QED) is 0.163. The monoisotopic (exact) mass is 472 g/mol. The van der Waals surface area contributed by atoms with Crippen molar-refractivity contribution in [2.45, 2.75) is 59.7 Å². The number of ether oxygens (including phenoxy) is 3. The Labute approximate surface area is 192 Å². The van der Waals surface area contributed by atoms with Gasteiger partial charge in [0.05, 0.1) is 12.8 Å². The Kier molecular flexibility index (Phi) is 14.5. The number of hydrogen-bond donors (Lipinski definition) is 2. The van der Waals surface area contributed by atoms with Crippen LogP contribution in [0.25, 0.3) is 0 Å². The Morgan fingerprint density at radius 2 is 1.15 bits per heavy atom. The molecule has 0 bridgehead atoms. The van der Waals surface area contributed by atoms with Crippen LogP contribution in [0.15, 0.2) is 10.3 Å². The van der Waals surface area contributed by atoms with E-state index < -0.39 is 11.2 Å². The number of oxime groups is 2. The van der Waals surface area contributed by atoms with E-state index in [1.807, 2.05) is 0 Å². The molecule has 0 aromatic heterocycles. The molecule has 0 amide bonds. The van der Waals surface area contributed by atoms with Crippen LogP contribution in [-0.4, -0.2) is 79.1 Å². The molecule has 2 N–H and O–H groups in total. The zero-order valence-corrected chi connectivity index (χ0v) is 20.1. The molecular formula is C20H32N4O9. The van der Waals surface area contributed by atoms with Crippen molar-refractivity contribution in [2.24, 2.45) is 10.3 Å². The second kappa shape index (κ2) is 15.2. The predicted octanol–water partition coefficient (Wildman–Crippen LogP) is 1.46. The lowest BCUT2D eigenvalue weighted by Crippen LogP contribution is -2.32. The molecule has 0 rings (SSSR count). The van der Waals surface area contributed by atoms with Crippen molar-refractivity contribution in [3.05, 3.63) is 0 Å². The number of carbonyl (C=O) groups is 4. The molecule has 0 unspecified atom stereocenters. The van der Waals surface area contributed by atoms with E-state index in [2.05, 4.69) is 24.5 Å². The molecular weight excluding hydrogens is 440 g/mol. The molecule has 0 heterocycles. The molecule has 0 aliphatic carbocycles. The van der Waals surface area contributed by atoms with Crippen LogP contribution in [0.4, 0.5) is 0 Å². The summed E-state index contributed by atoms with van der Waals surface area (Å²) >= 11 is 0. The summed E-state index contributed by atoms with van der Waals surface area (Å²) in [5.74, 6) is -0.707. The minimum atomic E-state index is -1.11.